The predicted octanol–water partition coefficient (Wildman–Crippen LogP) is 4.52. The van der Waals surface area contributed by atoms with Crippen molar-refractivity contribution in [3.05, 3.63) is 89.5 Å². The highest BCUT2D eigenvalue weighted by molar-refractivity contribution is 6.02. The number of carbonyl (C=O) groups excluding carboxylic acids is 2. The lowest BCUT2D eigenvalue weighted by atomic mass is 9.90. The summed E-state index contributed by atoms with van der Waals surface area (Å²) in [6.07, 6.45) is -0.761. The number of hydrogen-bond acceptors (Lipinski definition) is 7. The Morgan fingerprint density at radius 1 is 0.895 bits per heavy atom. The summed E-state index contributed by atoms with van der Waals surface area (Å²) in [5, 5.41) is 2.70. The molecule has 1 N–H and O–H groups in total. The molecule has 3 aromatic carbocycles. The fourth-order valence-electron chi connectivity index (χ4n) is 5.32. The van der Waals surface area contributed by atoms with Crippen molar-refractivity contribution in [1.82, 2.24) is 5.32 Å². The molecule has 3 saturated heterocycles. The van der Waals surface area contributed by atoms with Crippen LogP contribution in [-0.4, -0.2) is 57.4 Å². The van der Waals surface area contributed by atoms with Gasteiger partial charge >= 0.3 is 12.1 Å². The number of rotatable bonds is 7. The molecule has 0 radical (unpaired) electrons. The van der Waals surface area contributed by atoms with Crippen molar-refractivity contribution >= 4 is 11.9 Å². The molecular weight excluding hydrogens is 486 g/mol. The van der Waals surface area contributed by atoms with Crippen LogP contribution in [0.1, 0.15) is 34.3 Å². The maximum absolute atomic E-state index is 13.7. The zero-order valence-electron chi connectivity index (χ0n) is 21.3. The third kappa shape index (κ3) is 4.24. The van der Waals surface area contributed by atoms with E-state index in [1.165, 1.54) is 0 Å². The highest BCUT2D eigenvalue weighted by Crippen LogP contribution is 2.45. The van der Waals surface area contributed by atoms with Gasteiger partial charge in [-0.15, -0.1) is 0 Å². The van der Waals surface area contributed by atoms with Crippen LogP contribution >= 0.6 is 0 Å². The van der Waals surface area contributed by atoms with Gasteiger partial charge < -0.3 is 29.0 Å². The molecular formula is C30H29NO7. The summed E-state index contributed by atoms with van der Waals surface area (Å²) in [7, 11) is 1.55. The third-order valence-electron chi connectivity index (χ3n) is 7.46. The molecule has 3 fully saturated rings. The van der Waals surface area contributed by atoms with E-state index in [0.29, 0.717) is 31.1 Å². The van der Waals surface area contributed by atoms with Crippen LogP contribution in [0, 0.1) is 5.41 Å². The van der Waals surface area contributed by atoms with E-state index in [4.69, 9.17) is 23.7 Å². The first-order chi connectivity index (χ1) is 18.4. The Balaban J connectivity index is 1.23. The van der Waals surface area contributed by atoms with Crippen LogP contribution in [0.15, 0.2) is 72.8 Å². The second-order valence-corrected chi connectivity index (χ2v) is 10.3. The molecule has 196 valence electrons. The number of ketones is 1. The molecule has 1 amide bonds. The lowest BCUT2D eigenvalue weighted by Gasteiger charge is -2.52. The summed E-state index contributed by atoms with van der Waals surface area (Å²) < 4.78 is 28.7. The zero-order valence-corrected chi connectivity index (χ0v) is 21.3. The van der Waals surface area contributed by atoms with Gasteiger partial charge in [0, 0.05) is 16.9 Å². The summed E-state index contributed by atoms with van der Waals surface area (Å²) in [5.74, 6) is -1.67. The van der Waals surface area contributed by atoms with Gasteiger partial charge in [-0.25, -0.2) is 4.79 Å². The number of carbonyl (C=O) groups is 2. The molecule has 7 rings (SSSR count). The van der Waals surface area contributed by atoms with Crippen LogP contribution in [0.4, 0.5) is 4.79 Å². The minimum atomic E-state index is -1.74. The molecule has 8 heteroatoms. The smallest absolute Gasteiger partial charge is 0.408 e. The van der Waals surface area contributed by atoms with Gasteiger partial charge in [-0.1, -0.05) is 55.5 Å². The molecule has 0 unspecified atom stereocenters. The Hall–Kier alpha value is -3.72. The number of Topliss-reactive ketones (excluding diaryl/α,β-unsaturated/α-hetero) is 1. The molecule has 8 nitrogen and oxygen atoms in total. The lowest BCUT2D eigenvalue weighted by Crippen LogP contribution is -2.69. The summed E-state index contributed by atoms with van der Waals surface area (Å²) in [4.78, 5) is 26.9. The van der Waals surface area contributed by atoms with Gasteiger partial charge in [0.2, 0.25) is 0 Å². The van der Waals surface area contributed by atoms with Crippen molar-refractivity contribution in [2.75, 3.05) is 33.5 Å². The second kappa shape index (κ2) is 9.54. The first-order valence-electron chi connectivity index (χ1n) is 12.6. The van der Waals surface area contributed by atoms with Crippen molar-refractivity contribution in [1.29, 1.82) is 0 Å². The third-order valence-corrected chi connectivity index (χ3v) is 7.46. The van der Waals surface area contributed by atoms with Crippen LogP contribution in [-0.2, 0) is 18.9 Å². The largest absolute Gasteiger partial charge is 0.497 e. The van der Waals surface area contributed by atoms with E-state index < -0.39 is 23.9 Å². The van der Waals surface area contributed by atoms with Crippen LogP contribution in [0.2, 0.25) is 0 Å². The fraction of sp³-hybridized carbons (Fsp3) is 0.333. The Morgan fingerprint density at radius 2 is 1.45 bits per heavy atom. The van der Waals surface area contributed by atoms with Gasteiger partial charge in [0.15, 0.2) is 11.8 Å². The Labute approximate surface area is 220 Å². The quantitative estimate of drug-likeness (QED) is 0.463. The maximum Gasteiger partial charge on any atom is 0.408 e. The van der Waals surface area contributed by atoms with Crippen LogP contribution < -0.4 is 10.1 Å². The topological polar surface area (TPSA) is 92.3 Å². The van der Waals surface area contributed by atoms with Gasteiger partial charge in [-0.3, -0.25) is 4.79 Å². The molecule has 0 saturated carbocycles. The van der Waals surface area contributed by atoms with E-state index in [-0.39, 0.29) is 17.9 Å². The van der Waals surface area contributed by atoms with Gasteiger partial charge in [-0.05, 0) is 46.5 Å². The number of methoxy groups -OCH3 is 1. The first kappa shape index (κ1) is 24.6. The summed E-state index contributed by atoms with van der Waals surface area (Å²) in [5.41, 5.74) is 4.50. The van der Waals surface area contributed by atoms with Crippen molar-refractivity contribution in [3.8, 4) is 16.9 Å². The van der Waals surface area contributed by atoms with Gasteiger partial charge in [-0.2, -0.15) is 0 Å². The Bertz CT molecular complexity index is 1300. The fourth-order valence-corrected chi connectivity index (χ4v) is 5.32. The number of ether oxygens (including phenoxy) is 5. The standard InChI is InChI=1S/C30H29NO7/c1-29-16-36-30(37-17-29,38-18-29)27(26(32)19-11-13-20(34-2)14-12-19)31-28(33)35-15-25-23-9-5-3-7-21(23)22-8-4-6-10-24(22)25/h3-14,25,27H,15-18H2,1-2H3,(H,31,33)/t27-,29?,30?/m0/s1. The summed E-state index contributed by atoms with van der Waals surface area (Å²) >= 11 is 0. The minimum Gasteiger partial charge on any atom is -0.497 e. The molecule has 2 bridgehead atoms. The summed E-state index contributed by atoms with van der Waals surface area (Å²) in [6.45, 7) is 3.11. The van der Waals surface area contributed by atoms with Crippen molar-refractivity contribution < 1.29 is 33.3 Å². The SMILES string of the molecule is COc1ccc(C(=O)[C@H](NC(=O)OCC2c3ccccc3-c3ccccc32)C23OCC(C)(CO2)CO3)cc1. The average molecular weight is 516 g/mol. The van der Waals surface area contributed by atoms with E-state index >= 15 is 0 Å². The average Bonchev–Trinajstić information content (AvgIpc) is 3.29. The number of alkyl carbamates (subject to hydrolysis) is 1. The first-order valence-corrected chi connectivity index (χ1v) is 12.6. The number of amides is 1. The normalized spacial score (nSPS) is 24.3. The van der Waals surface area contributed by atoms with Crippen LogP contribution in [0.25, 0.3) is 11.1 Å². The molecule has 3 aliphatic heterocycles. The Morgan fingerprint density at radius 3 is 2.00 bits per heavy atom. The minimum absolute atomic E-state index is 0.108. The number of nitrogens with one attached hydrogen (secondary N) is 1. The maximum atomic E-state index is 13.7. The summed E-state index contributed by atoms with van der Waals surface area (Å²) in [6, 6.07) is 21.5. The highest BCUT2D eigenvalue weighted by Gasteiger charge is 2.58. The van der Waals surface area contributed by atoms with E-state index in [1.54, 1.807) is 31.4 Å². The zero-order chi connectivity index (χ0) is 26.3. The molecule has 0 aromatic heterocycles. The molecule has 1 aliphatic carbocycles. The van der Waals surface area contributed by atoms with E-state index in [1.807, 2.05) is 43.3 Å². The molecule has 38 heavy (non-hydrogen) atoms. The van der Waals surface area contributed by atoms with Gasteiger partial charge in [0.25, 0.3) is 0 Å². The monoisotopic (exact) mass is 515 g/mol. The van der Waals surface area contributed by atoms with Crippen LogP contribution in [0.3, 0.4) is 0 Å². The second-order valence-electron chi connectivity index (χ2n) is 10.3. The number of hydrogen-bond donors (Lipinski definition) is 1. The Kier molecular flexibility index (Phi) is 6.18. The number of benzene rings is 3. The molecule has 1 atom stereocenters. The van der Waals surface area contributed by atoms with E-state index in [2.05, 4.69) is 17.4 Å². The van der Waals surface area contributed by atoms with Crippen molar-refractivity contribution in [3.63, 3.8) is 0 Å². The van der Waals surface area contributed by atoms with E-state index in [0.717, 1.165) is 22.3 Å². The molecule has 4 aliphatic rings. The molecule has 3 heterocycles. The van der Waals surface area contributed by atoms with Crippen LogP contribution in [0.5, 0.6) is 5.75 Å². The van der Waals surface area contributed by atoms with Gasteiger partial charge in [0.05, 0.1) is 26.9 Å². The van der Waals surface area contributed by atoms with Crippen molar-refractivity contribution in [2.45, 2.75) is 24.9 Å². The molecule has 3 aromatic rings. The highest BCUT2D eigenvalue weighted by atomic mass is 16.9. The van der Waals surface area contributed by atoms with E-state index in [9.17, 15) is 9.59 Å². The number of fused-ring (bicyclic) bond motifs is 6. The van der Waals surface area contributed by atoms with Gasteiger partial charge in [0.1, 0.15) is 12.4 Å². The predicted molar refractivity (Wildman–Crippen MR) is 138 cm³/mol. The lowest BCUT2D eigenvalue weighted by molar-refractivity contribution is -0.468. The van der Waals surface area contributed by atoms with Crippen molar-refractivity contribution in [2.24, 2.45) is 5.41 Å². The molecule has 0 spiro atoms.